The molecule has 0 aliphatic heterocycles. The van der Waals surface area contributed by atoms with E-state index >= 15 is 0 Å². The molecule has 208 valence electrons. The second kappa shape index (κ2) is 12.3. The Morgan fingerprint density at radius 1 is 0.872 bits per heavy atom. The Morgan fingerprint density at radius 2 is 1.46 bits per heavy atom. The molecule has 0 bridgehead atoms. The van der Waals surface area contributed by atoms with E-state index in [4.69, 9.17) is 18.9 Å². The number of rotatable bonds is 8. The number of hydrogen-bond donors (Lipinski definition) is 5. The van der Waals surface area contributed by atoms with Crippen LogP contribution >= 0.6 is 0 Å². The first-order valence-electron chi connectivity index (χ1n) is 11.6. The van der Waals surface area contributed by atoms with Gasteiger partial charge in [0.05, 0.1) is 19.3 Å². The van der Waals surface area contributed by atoms with Gasteiger partial charge in [0.15, 0.2) is 28.6 Å². The third-order valence-electron chi connectivity index (χ3n) is 6.25. The normalized spacial score (nSPS) is 23.0. The van der Waals surface area contributed by atoms with E-state index in [1.165, 1.54) is 55.7 Å². The highest BCUT2D eigenvalue weighted by molar-refractivity contribution is 5.88. The van der Waals surface area contributed by atoms with Crippen LogP contribution in [-0.2, 0) is 33.3 Å². The zero-order valence-corrected chi connectivity index (χ0v) is 21.0. The van der Waals surface area contributed by atoms with Gasteiger partial charge in [0, 0.05) is 26.0 Å². The van der Waals surface area contributed by atoms with E-state index in [1.807, 2.05) is 0 Å². The van der Waals surface area contributed by atoms with Gasteiger partial charge >= 0.3 is 17.9 Å². The van der Waals surface area contributed by atoms with Crippen LogP contribution < -0.4 is 0 Å². The van der Waals surface area contributed by atoms with E-state index in [2.05, 4.69) is 0 Å². The van der Waals surface area contributed by atoms with Crippen molar-refractivity contribution in [2.75, 3.05) is 14.2 Å². The highest BCUT2D eigenvalue weighted by Crippen LogP contribution is 2.39. The minimum absolute atomic E-state index is 0.316. The molecule has 4 atom stereocenters. The first-order valence-corrected chi connectivity index (χ1v) is 11.6. The average Bonchev–Trinajstić information content (AvgIpc) is 2.92. The zero-order valence-electron chi connectivity index (χ0n) is 21.0. The fraction of sp³-hybridized carbons (Fsp3) is 0.296. The van der Waals surface area contributed by atoms with Crippen LogP contribution in [0, 0.1) is 5.92 Å². The number of carbonyl (C=O) groups is 3. The molecular formula is C27H28O12. The van der Waals surface area contributed by atoms with Crippen molar-refractivity contribution in [3.05, 3.63) is 59.9 Å². The number of phenolic OH excluding ortho intramolecular Hbond substituents is 4. The molecule has 0 radical (unpaired) electrons. The van der Waals surface area contributed by atoms with Gasteiger partial charge in [0.1, 0.15) is 12.2 Å². The molecule has 2 aromatic rings. The molecule has 2 aromatic carbocycles. The van der Waals surface area contributed by atoms with Gasteiger partial charge < -0.3 is 44.5 Å². The number of hydrogen-bond acceptors (Lipinski definition) is 12. The van der Waals surface area contributed by atoms with Gasteiger partial charge in [-0.3, -0.25) is 4.79 Å². The predicted octanol–water partition coefficient (Wildman–Crippen LogP) is 1.98. The van der Waals surface area contributed by atoms with E-state index in [-0.39, 0.29) is 30.1 Å². The Kier molecular flexibility index (Phi) is 9.17. The molecule has 1 saturated carbocycles. The van der Waals surface area contributed by atoms with Crippen molar-refractivity contribution in [3.8, 4) is 23.0 Å². The first kappa shape index (κ1) is 29.0. The van der Waals surface area contributed by atoms with Crippen LogP contribution in [0.3, 0.4) is 0 Å². The van der Waals surface area contributed by atoms with Crippen LogP contribution in [0.15, 0.2) is 48.7 Å². The molecule has 39 heavy (non-hydrogen) atoms. The third-order valence-corrected chi connectivity index (χ3v) is 6.25. The van der Waals surface area contributed by atoms with Gasteiger partial charge in [-0.05, 0) is 47.5 Å². The number of carbonyl (C=O) groups excluding carboxylic acids is 3. The number of phenols is 4. The van der Waals surface area contributed by atoms with E-state index in [9.17, 15) is 39.9 Å². The first-order chi connectivity index (χ1) is 18.5. The van der Waals surface area contributed by atoms with Crippen molar-refractivity contribution < 1.29 is 58.9 Å². The van der Waals surface area contributed by atoms with Crippen molar-refractivity contribution >= 4 is 30.1 Å². The number of aliphatic hydroxyl groups excluding tert-OH is 1. The molecule has 12 heteroatoms. The predicted molar refractivity (Wildman–Crippen MR) is 134 cm³/mol. The Bertz CT molecular complexity index is 1280. The molecule has 3 rings (SSSR count). The lowest BCUT2D eigenvalue weighted by Gasteiger charge is -2.42. The van der Waals surface area contributed by atoms with Gasteiger partial charge in [-0.1, -0.05) is 12.1 Å². The summed E-state index contributed by atoms with van der Waals surface area (Å²) in [5.74, 6) is -5.54. The van der Waals surface area contributed by atoms with E-state index in [1.54, 1.807) is 0 Å². The lowest BCUT2D eigenvalue weighted by molar-refractivity contribution is -0.200. The van der Waals surface area contributed by atoms with Crippen molar-refractivity contribution in [2.24, 2.45) is 5.92 Å². The molecule has 4 unspecified atom stereocenters. The number of methoxy groups -OCH3 is 2. The van der Waals surface area contributed by atoms with E-state index < -0.39 is 47.4 Å². The maximum Gasteiger partial charge on any atom is 0.338 e. The van der Waals surface area contributed by atoms with Crippen LogP contribution in [0.4, 0.5) is 0 Å². The number of ether oxygens (including phenoxy) is 4. The molecule has 12 nitrogen and oxygen atoms in total. The molecule has 0 heterocycles. The summed E-state index contributed by atoms with van der Waals surface area (Å²) in [4.78, 5) is 38.0. The monoisotopic (exact) mass is 544 g/mol. The summed E-state index contributed by atoms with van der Waals surface area (Å²) in [5.41, 5.74) is -0.979. The SMILES string of the molecule is COC(=O)C1(OC)CC(OC(=O)/C=C/c2ccc(O)c(O)c2)C(O)C(C(=O)O/C=C/c2ccc(O)c(O)c2)C1. The van der Waals surface area contributed by atoms with E-state index in [0.29, 0.717) is 11.1 Å². The van der Waals surface area contributed by atoms with Crippen molar-refractivity contribution in [1.82, 2.24) is 0 Å². The Labute approximate surface area is 222 Å². The van der Waals surface area contributed by atoms with Gasteiger partial charge in [0.2, 0.25) is 0 Å². The number of esters is 3. The summed E-state index contributed by atoms with van der Waals surface area (Å²) < 4.78 is 20.7. The molecule has 0 spiro atoms. The second-order valence-corrected chi connectivity index (χ2v) is 8.74. The number of aliphatic hydroxyl groups is 1. The molecular weight excluding hydrogens is 516 g/mol. The summed E-state index contributed by atoms with van der Waals surface area (Å²) in [5, 5.41) is 48.9. The quantitative estimate of drug-likeness (QED) is 0.107. The Hall–Kier alpha value is -4.55. The topological polar surface area (TPSA) is 189 Å². The summed E-state index contributed by atoms with van der Waals surface area (Å²) in [6.45, 7) is 0. The molecule has 0 amide bonds. The van der Waals surface area contributed by atoms with Gasteiger partial charge in [-0.25, -0.2) is 9.59 Å². The highest BCUT2D eigenvalue weighted by Gasteiger charge is 2.55. The fourth-order valence-electron chi connectivity index (χ4n) is 4.11. The van der Waals surface area contributed by atoms with Crippen molar-refractivity contribution in [3.63, 3.8) is 0 Å². The van der Waals surface area contributed by atoms with Crippen LogP contribution in [0.5, 0.6) is 23.0 Å². The number of aromatic hydroxyl groups is 4. The van der Waals surface area contributed by atoms with Crippen LogP contribution in [0.25, 0.3) is 12.2 Å². The summed E-state index contributed by atoms with van der Waals surface area (Å²) in [6.07, 6.45) is 1.01. The molecule has 0 saturated heterocycles. The minimum atomic E-state index is -1.73. The summed E-state index contributed by atoms with van der Waals surface area (Å²) >= 11 is 0. The van der Waals surface area contributed by atoms with Crippen molar-refractivity contribution in [2.45, 2.75) is 30.7 Å². The average molecular weight is 545 g/mol. The smallest absolute Gasteiger partial charge is 0.338 e. The summed E-state index contributed by atoms with van der Waals surface area (Å²) in [7, 11) is 2.33. The lowest BCUT2D eigenvalue weighted by Crippen LogP contribution is -2.58. The van der Waals surface area contributed by atoms with Gasteiger partial charge in [0.25, 0.3) is 0 Å². The Morgan fingerprint density at radius 3 is 2.00 bits per heavy atom. The number of benzene rings is 2. The van der Waals surface area contributed by atoms with Gasteiger partial charge in [-0.2, -0.15) is 0 Å². The van der Waals surface area contributed by atoms with Crippen LogP contribution in [-0.4, -0.2) is 75.5 Å². The summed E-state index contributed by atoms with van der Waals surface area (Å²) in [6, 6.07) is 7.78. The second-order valence-electron chi connectivity index (χ2n) is 8.74. The molecule has 0 aromatic heterocycles. The highest BCUT2D eigenvalue weighted by atomic mass is 16.6. The third kappa shape index (κ3) is 6.86. The lowest BCUT2D eigenvalue weighted by atomic mass is 9.74. The standard InChI is InChI=1S/C27H28O12/c1-36-26(35)27(37-2)13-17(25(34)38-10-9-16-4-7-19(29)21(31)12-16)24(33)22(14-27)39-23(32)8-5-15-3-6-18(28)20(30)11-15/h3-12,17,22,24,28-31,33H,13-14H2,1-2H3/b8-5+,10-9+. The Balaban J connectivity index is 1.78. The van der Waals surface area contributed by atoms with Crippen LogP contribution in [0.2, 0.25) is 0 Å². The molecule has 1 aliphatic carbocycles. The van der Waals surface area contributed by atoms with E-state index in [0.717, 1.165) is 19.4 Å². The molecule has 1 aliphatic rings. The van der Waals surface area contributed by atoms with Crippen molar-refractivity contribution in [1.29, 1.82) is 0 Å². The maximum absolute atomic E-state index is 12.9. The van der Waals surface area contributed by atoms with Gasteiger partial charge in [-0.15, -0.1) is 0 Å². The molecule has 1 fully saturated rings. The maximum atomic E-state index is 12.9. The van der Waals surface area contributed by atoms with Crippen LogP contribution in [0.1, 0.15) is 24.0 Å². The largest absolute Gasteiger partial charge is 0.504 e. The fourth-order valence-corrected chi connectivity index (χ4v) is 4.11. The minimum Gasteiger partial charge on any atom is -0.504 e. The molecule has 5 N–H and O–H groups in total. The zero-order chi connectivity index (χ0) is 28.7.